The number of amides is 1. The lowest BCUT2D eigenvalue weighted by Crippen LogP contribution is -2.50. The van der Waals surface area contributed by atoms with Gasteiger partial charge in [-0.15, -0.1) is 0 Å². The van der Waals surface area contributed by atoms with E-state index in [4.69, 9.17) is 14.6 Å². The highest BCUT2D eigenvalue weighted by Gasteiger charge is 2.36. The molecule has 2 atom stereocenters. The SMILES string of the molecule is CC1CN(C(=O)[C@@H]2CC[C@@H](Cc3ncc4c(Br)nn(-c5cc(F)c6ncccc6c5)c4n3)C2)C1.O=C=O. The van der Waals surface area contributed by atoms with Crippen LogP contribution in [0.3, 0.4) is 0 Å². The van der Waals surface area contributed by atoms with Gasteiger partial charge in [0, 0.05) is 49.3 Å². The number of rotatable bonds is 4. The van der Waals surface area contributed by atoms with Gasteiger partial charge in [-0.2, -0.15) is 14.7 Å². The molecule has 1 aromatic carbocycles. The number of carbonyl (C=O) groups excluding carboxylic acids is 3. The highest BCUT2D eigenvalue weighted by Crippen LogP contribution is 2.36. The summed E-state index contributed by atoms with van der Waals surface area (Å²) in [5.41, 5.74) is 1.53. The van der Waals surface area contributed by atoms with E-state index in [2.05, 4.69) is 37.9 Å². The maximum atomic E-state index is 14.7. The van der Waals surface area contributed by atoms with E-state index in [1.807, 2.05) is 17.0 Å². The molecule has 3 aromatic heterocycles. The highest BCUT2D eigenvalue weighted by atomic mass is 79.9. The van der Waals surface area contributed by atoms with Crippen molar-refractivity contribution in [2.75, 3.05) is 13.1 Å². The van der Waals surface area contributed by atoms with E-state index < -0.39 is 5.82 Å². The molecule has 0 N–H and O–H groups in total. The van der Waals surface area contributed by atoms with Gasteiger partial charge < -0.3 is 4.90 Å². The third kappa shape index (κ3) is 5.01. The fourth-order valence-electron chi connectivity index (χ4n) is 5.32. The van der Waals surface area contributed by atoms with Crippen LogP contribution in [0.2, 0.25) is 0 Å². The summed E-state index contributed by atoms with van der Waals surface area (Å²) >= 11 is 3.49. The van der Waals surface area contributed by atoms with E-state index in [9.17, 15) is 9.18 Å². The largest absolute Gasteiger partial charge is 0.373 e. The monoisotopic (exact) mass is 566 g/mol. The Kier molecular flexibility index (Phi) is 7.08. The maximum absolute atomic E-state index is 14.7. The maximum Gasteiger partial charge on any atom is 0.373 e. The van der Waals surface area contributed by atoms with Crippen LogP contribution in [-0.2, 0) is 20.8 Å². The number of hydrogen-bond acceptors (Lipinski definition) is 7. The molecule has 1 amide bonds. The summed E-state index contributed by atoms with van der Waals surface area (Å²) in [5.74, 6) is 1.76. The predicted octanol–water partition coefficient (Wildman–Crippen LogP) is 4.12. The second-order valence-electron chi connectivity index (χ2n) is 9.74. The topological polar surface area (TPSA) is 111 Å². The molecule has 1 saturated heterocycles. The van der Waals surface area contributed by atoms with Gasteiger partial charge in [-0.1, -0.05) is 13.0 Å². The number of benzene rings is 1. The molecule has 0 radical (unpaired) electrons. The Morgan fingerprint density at radius 2 is 2.00 bits per heavy atom. The van der Waals surface area contributed by atoms with Crippen molar-refractivity contribution in [2.24, 2.45) is 17.8 Å². The van der Waals surface area contributed by atoms with Crippen molar-refractivity contribution in [3.63, 3.8) is 0 Å². The smallest absolute Gasteiger partial charge is 0.342 e. The van der Waals surface area contributed by atoms with E-state index in [1.165, 1.54) is 6.07 Å². The third-order valence-corrected chi connectivity index (χ3v) is 7.64. The van der Waals surface area contributed by atoms with Gasteiger partial charge in [-0.05, 0) is 59.2 Å². The van der Waals surface area contributed by atoms with Gasteiger partial charge in [0.2, 0.25) is 5.91 Å². The van der Waals surface area contributed by atoms with Crippen LogP contribution < -0.4 is 0 Å². The summed E-state index contributed by atoms with van der Waals surface area (Å²) in [6.07, 6.45) is 7.14. The number of pyridine rings is 1. The Bertz CT molecular complexity index is 1510. The van der Waals surface area contributed by atoms with Gasteiger partial charge in [-0.25, -0.2) is 19.0 Å². The Hall–Kier alpha value is -3.56. The zero-order chi connectivity index (χ0) is 26.1. The van der Waals surface area contributed by atoms with Gasteiger partial charge in [0.05, 0.1) is 11.1 Å². The summed E-state index contributed by atoms with van der Waals surface area (Å²) in [6.45, 7) is 3.97. The van der Waals surface area contributed by atoms with Crippen LogP contribution >= 0.6 is 15.9 Å². The molecule has 37 heavy (non-hydrogen) atoms. The van der Waals surface area contributed by atoms with Crippen LogP contribution in [0.5, 0.6) is 0 Å². The summed E-state index contributed by atoms with van der Waals surface area (Å²) in [6, 6.07) is 6.90. The van der Waals surface area contributed by atoms with Crippen LogP contribution in [0.15, 0.2) is 41.3 Å². The molecular weight excluding hydrogens is 543 g/mol. The number of hydrogen-bond donors (Lipinski definition) is 0. The van der Waals surface area contributed by atoms with Gasteiger partial charge in [0.25, 0.3) is 0 Å². The quantitative estimate of drug-likeness (QED) is 0.365. The average Bonchev–Trinajstić information content (AvgIpc) is 3.46. The standard InChI is InChI=1S/C25H24BrFN6O.CO2/c1-14-12-32(13-14)25(34)17-5-4-15(7-17)8-21-29-11-19-23(26)31-33(24(19)30-21)18-9-16-3-2-6-28-22(16)20(27)10-18;2-1-3/h2-3,6,9-11,14-15,17H,4-5,7-8,12-13H2,1H3;/t15-,17-;/m1./s1. The lowest BCUT2D eigenvalue weighted by atomic mass is 9.96. The van der Waals surface area contributed by atoms with Crippen molar-refractivity contribution in [1.82, 2.24) is 29.6 Å². The van der Waals surface area contributed by atoms with E-state index in [0.717, 1.165) is 50.0 Å². The van der Waals surface area contributed by atoms with E-state index in [1.54, 1.807) is 23.1 Å². The first-order valence-electron chi connectivity index (χ1n) is 12.1. The highest BCUT2D eigenvalue weighted by molar-refractivity contribution is 9.10. The Labute approximate surface area is 220 Å². The molecular formula is C26H24BrFN6O3. The predicted molar refractivity (Wildman–Crippen MR) is 135 cm³/mol. The minimum Gasteiger partial charge on any atom is -0.342 e. The lowest BCUT2D eigenvalue weighted by molar-refractivity contribution is -0.191. The van der Waals surface area contributed by atoms with Crippen LogP contribution in [-0.4, -0.2) is 54.8 Å². The second-order valence-corrected chi connectivity index (χ2v) is 10.5. The molecule has 9 nitrogen and oxygen atoms in total. The zero-order valence-corrected chi connectivity index (χ0v) is 21.7. The van der Waals surface area contributed by atoms with Gasteiger partial charge in [-0.3, -0.25) is 9.78 Å². The van der Waals surface area contributed by atoms with Gasteiger partial charge in [0.15, 0.2) is 11.5 Å². The Morgan fingerprint density at radius 3 is 2.76 bits per heavy atom. The number of halogens is 2. The third-order valence-electron chi connectivity index (χ3n) is 7.05. The first kappa shape index (κ1) is 25.1. The summed E-state index contributed by atoms with van der Waals surface area (Å²) in [7, 11) is 0. The summed E-state index contributed by atoms with van der Waals surface area (Å²) in [4.78, 5) is 44.5. The van der Waals surface area contributed by atoms with E-state index >= 15 is 0 Å². The molecule has 1 aliphatic heterocycles. The van der Waals surface area contributed by atoms with Crippen molar-refractivity contribution in [3.8, 4) is 5.69 Å². The molecule has 2 fully saturated rings. The summed E-state index contributed by atoms with van der Waals surface area (Å²) in [5, 5.41) is 6.02. The van der Waals surface area contributed by atoms with Crippen molar-refractivity contribution in [2.45, 2.75) is 32.6 Å². The lowest BCUT2D eigenvalue weighted by Gasteiger charge is -2.38. The van der Waals surface area contributed by atoms with Crippen molar-refractivity contribution < 1.29 is 18.8 Å². The van der Waals surface area contributed by atoms with E-state index in [-0.39, 0.29) is 12.1 Å². The number of likely N-dealkylation sites (tertiary alicyclic amines) is 1. The first-order valence-corrected chi connectivity index (χ1v) is 12.9. The average molecular weight is 567 g/mol. The molecule has 4 heterocycles. The summed E-state index contributed by atoms with van der Waals surface area (Å²) < 4.78 is 17.0. The molecule has 0 bridgehead atoms. The Balaban J connectivity index is 0.000000892. The molecule has 190 valence electrons. The number of carbonyl (C=O) groups is 1. The number of fused-ring (bicyclic) bond motifs is 2. The minimum absolute atomic E-state index is 0.120. The molecule has 6 rings (SSSR count). The van der Waals surface area contributed by atoms with Crippen LogP contribution in [0.4, 0.5) is 4.39 Å². The van der Waals surface area contributed by atoms with Crippen molar-refractivity contribution in [3.05, 3.63) is 52.9 Å². The van der Waals surface area contributed by atoms with Crippen molar-refractivity contribution in [1.29, 1.82) is 0 Å². The second kappa shape index (κ2) is 10.4. The van der Waals surface area contributed by atoms with Crippen LogP contribution in [0, 0.1) is 23.6 Å². The van der Waals surface area contributed by atoms with Crippen molar-refractivity contribution >= 4 is 49.9 Å². The van der Waals surface area contributed by atoms with Crippen LogP contribution in [0.1, 0.15) is 32.0 Å². The van der Waals surface area contributed by atoms with Crippen LogP contribution in [0.25, 0.3) is 27.6 Å². The first-order chi connectivity index (χ1) is 17.9. The molecule has 1 aliphatic carbocycles. The molecule has 1 saturated carbocycles. The minimum atomic E-state index is -0.402. The molecule has 4 aromatic rings. The molecule has 11 heteroatoms. The number of aromatic nitrogens is 5. The van der Waals surface area contributed by atoms with Gasteiger partial charge in [0.1, 0.15) is 15.9 Å². The number of nitrogens with zero attached hydrogens (tertiary/aromatic N) is 6. The van der Waals surface area contributed by atoms with Gasteiger partial charge >= 0.3 is 6.15 Å². The fourth-order valence-corrected chi connectivity index (χ4v) is 5.76. The Morgan fingerprint density at radius 1 is 1.22 bits per heavy atom. The normalized spacial score (nSPS) is 19.4. The molecule has 0 spiro atoms. The fraction of sp³-hybridized carbons (Fsp3) is 0.385. The zero-order valence-electron chi connectivity index (χ0n) is 20.1. The molecule has 2 aliphatic rings. The molecule has 0 unspecified atom stereocenters. The van der Waals surface area contributed by atoms with E-state index in [0.29, 0.717) is 44.6 Å².